The molecule has 144 valence electrons. The highest BCUT2D eigenvalue weighted by Crippen LogP contribution is 2.35. The summed E-state index contributed by atoms with van der Waals surface area (Å²) in [6, 6.07) is 9.04. The molecule has 2 fully saturated rings. The minimum atomic E-state index is -3.51. The van der Waals surface area contributed by atoms with E-state index in [1.54, 1.807) is 6.07 Å². The number of hydrogen-bond acceptors (Lipinski definition) is 4. The highest BCUT2D eigenvalue weighted by Gasteiger charge is 2.39. The van der Waals surface area contributed by atoms with E-state index in [9.17, 15) is 13.2 Å². The highest BCUT2D eigenvalue weighted by atomic mass is 32.2. The molecule has 0 atom stereocenters. The number of pyridine rings is 1. The largest absolute Gasteiger partial charge is 0.487 e. The van der Waals surface area contributed by atoms with Crippen molar-refractivity contribution in [1.29, 1.82) is 0 Å². The number of aryl methyl sites for hydroxylation is 3. The normalized spacial score (nSPS) is 18.3. The van der Waals surface area contributed by atoms with Crippen LogP contribution in [0.1, 0.15) is 35.7 Å². The summed E-state index contributed by atoms with van der Waals surface area (Å²) >= 11 is 0. The van der Waals surface area contributed by atoms with E-state index in [2.05, 4.69) is 0 Å². The Morgan fingerprint density at radius 3 is 2.33 bits per heavy atom. The van der Waals surface area contributed by atoms with E-state index >= 15 is 0 Å². The number of aromatic nitrogens is 1. The van der Waals surface area contributed by atoms with Crippen molar-refractivity contribution < 1.29 is 13.2 Å². The summed E-state index contributed by atoms with van der Waals surface area (Å²) in [5.74, 6) is 0.517. The van der Waals surface area contributed by atoms with Gasteiger partial charge in [-0.15, -0.1) is 0 Å². The van der Waals surface area contributed by atoms with Gasteiger partial charge >= 0.3 is 0 Å². The maximum absolute atomic E-state index is 12.8. The Hall–Kier alpha value is -2.12. The molecule has 1 aromatic carbocycles. The van der Waals surface area contributed by atoms with Crippen LogP contribution < -0.4 is 10.3 Å². The number of nitrogens with zero attached hydrogens (tertiary/aromatic N) is 2. The van der Waals surface area contributed by atoms with Gasteiger partial charge in [0.05, 0.1) is 18.0 Å². The molecule has 0 bridgehead atoms. The summed E-state index contributed by atoms with van der Waals surface area (Å²) in [4.78, 5) is 12.6. The van der Waals surface area contributed by atoms with E-state index in [1.165, 1.54) is 10.4 Å². The first-order valence-corrected chi connectivity index (χ1v) is 10.7. The Morgan fingerprint density at radius 2 is 1.74 bits per heavy atom. The van der Waals surface area contributed by atoms with Gasteiger partial charge in [-0.05, 0) is 51.3 Å². The standard InChI is InChI=1S/C20H24N2O4S/c1-13-4-7-19(14(2)8-13)27(24,25)21-11-18(12-21)26-17-9-15(3)22(16-5-6-16)20(23)10-17/h4,7-10,16,18H,5-6,11-12H2,1-3H3. The fraction of sp³-hybridized carbons (Fsp3) is 0.450. The second-order valence-electron chi connectivity index (χ2n) is 7.60. The minimum Gasteiger partial charge on any atom is -0.487 e. The second-order valence-corrected chi connectivity index (χ2v) is 9.51. The van der Waals surface area contributed by atoms with Gasteiger partial charge < -0.3 is 9.30 Å². The lowest BCUT2D eigenvalue weighted by atomic mass is 10.2. The zero-order valence-corrected chi connectivity index (χ0v) is 16.6. The van der Waals surface area contributed by atoms with Crippen molar-refractivity contribution in [1.82, 2.24) is 8.87 Å². The van der Waals surface area contributed by atoms with Gasteiger partial charge in [-0.25, -0.2) is 8.42 Å². The van der Waals surface area contributed by atoms with Gasteiger partial charge in [0.25, 0.3) is 5.56 Å². The molecule has 1 aromatic heterocycles. The molecule has 0 spiro atoms. The van der Waals surface area contributed by atoms with Gasteiger partial charge in [-0.3, -0.25) is 4.79 Å². The summed E-state index contributed by atoms with van der Waals surface area (Å²) in [7, 11) is -3.51. The van der Waals surface area contributed by atoms with Gasteiger partial charge in [-0.2, -0.15) is 4.31 Å². The van der Waals surface area contributed by atoms with Crippen molar-refractivity contribution in [3.05, 3.63) is 57.5 Å². The summed E-state index contributed by atoms with van der Waals surface area (Å²) in [6.45, 7) is 6.24. The van der Waals surface area contributed by atoms with E-state index < -0.39 is 10.0 Å². The molecular weight excluding hydrogens is 364 g/mol. The zero-order chi connectivity index (χ0) is 19.3. The number of benzene rings is 1. The summed E-state index contributed by atoms with van der Waals surface area (Å²) < 4.78 is 34.7. The monoisotopic (exact) mass is 388 g/mol. The molecule has 2 heterocycles. The van der Waals surface area contributed by atoms with E-state index in [-0.39, 0.29) is 11.7 Å². The molecule has 27 heavy (non-hydrogen) atoms. The molecule has 0 N–H and O–H groups in total. The van der Waals surface area contributed by atoms with Crippen LogP contribution in [0.15, 0.2) is 40.0 Å². The Bertz CT molecular complexity index is 1050. The maximum Gasteiger partial charge on any atom is 0.254 e. The summed E-state index contributed by atoms with van der Waals surface area (Å²) in [5, 5.41) is 0. The molecule has 1 aliphatic heterocycles. The Balaban J connectivity index is 1.44. The summed E-state index contributed by atoms with van der Waals surface area (Å²) in [5.41, 5.74) is 2.62. The lowest BCUT2D eigenvalue weighted by Crippen LogP contribution is -2.56. The molecule has 6 nitrogen and oxygen atoms in total. The summed E-state index contributed by atoms with van der Waals surface area (Å²) in [6.07, 6.45) is 1.87. The number of hydrogen-bond donors (Lipinski definition) is 0. The molecule has 0 radical (unpaired) electrons. The Labute approximate surface area is 159 Å². The van der Waals surface area contributed by atoms with E-state index in [0.29, 0.717) is 29.8 Å². The molecule has 2 aromatic rings. The SMILES string of the molecule is Cc1ccc(S(=O)(=O)N2CC(Oc3cc(C)n(C4CC4)c(=O)c3)C2)c(C)c1. The fourth-order valence-electron chi connectivity index (χ4n) is 3.64. The van der Waals surface area contributed by atoms with Crippen molar-refractivity contribution in [3.63, 3.8) is 0 Å². The van der Waals surface area contributed by atoms with Gasteiger partial charge in [0, 0.05) is 17.8 Å². The lowest BCUT2D eigenvalue weighted by molar-refractivity contribution is 0.0758. The van der Waals surface area contributed by atoms with Crippen LogP contribution in [0.3, 0.4) is 0 Å². The van der Waals surface area contributed by atoms with Crippen molar-refractivity contribution in [2.45, 2.75) is 50.7 Å². The predicted molar refractivity (Wildman–Crippen MR) is 103 cm³/mol. The van der Waals surface area contributed by atoms with E-state index in [0.717, 1.165) is 29.7 Å². The van der Waals surface area contributed by atoms with Crippen LogP contribution in [0.25, 0.3) is 0 Å². The quantitative estimate of drug-likeness (QED) is 0.789. The molecule has 2 aliphatic rings. The van der Waals surface area contributed by atoms with Crippen LogP contribution in [0, 0.1) is 20.8 Å². The van der Waals surface area contributed by atoms with Crippen LogP contribution in [-0.4, -0.2) is 36.5 Å². The van der Waals surface area contributed by atoms with Crippen molar-refractivity contribution >= 4 is 10.0 Å². The van der Waals surface area contributed by atoms with Crippen molar-refractivity contribution in [3.8, 4) is 5.75 Å². The lowest BCUT2D eigenvalue weighted by Gasteiger charge is -2.38. The number of sulfonamides is 1. The molecule has 0 unspecified atom stereocenters. The van der Waals surface area contributed by atoms with Crippen LogP contribution in [0.4, 0.5) is 0 Å². The highest BCUT2D eigenvalue weighted by molar-refractivity contribution is 7.89. The van der Waals surface area contributed by atoms with Crippen LogP contribution in [-0.2, 0) is 10.0 Å². The number of ether oxygens (including phenoxy) is 1. The average molecular weight is 388 g/mol. The molecular formula is C20H24N2O4S. The zero-order valence-electron chi connectivity index (χ0n) is 15.8. The molecule has 0 amide bonds. The second kappa shape index (κ2) is 6.49. The molecule has 7 heteroatoms. The Kier molecular flexibility index (Phi) is 4.39. The third kappa shape index (κ3) is 3.41. The first kappa shape index (κ1) is 18.3. The van der Waals surface area contributed by atoms with E-state index in [1.807, 2.05) is 43.5 Å². The van der Waals surface area contributed by atoms with Gasteiger partial charge in [0.15, 0.2) is 0 Å². The third-order valence-corrected chi connectivity index (χ3v) is 7.20. The number of rotatable bonds is 5. The predicted octanol–water partition coefficient (Wildman–Crippen LogP) is 2.56. The Morgan fingerprint density at radius 1 is 1.04 bits per heavy atom. The van der Waals surface area contributed by atoms with Crippen molar-refractivity contribution in [2.75, 3.05) is 13.1 Å². The smallest absolute Gasteiger partial charge is 0.254 e. The first-order chi connectivity index (χ1) is 12.8. The van der Waals surface area contributed by atoms with E-state index in [4.69, 9.17) is 4.74 Å². The average Bonchev–Trinajstić information content (AvgIpc) is 3.34. The first-order valence-electron chi connectivity index (χ1n) is 9.23. The third-order valence-electron chi connectivity index (χ3n) is 5.21. The molecule has 1 saturated carbocycles. The van der Waals surface area contributed by atoms with Crippen LogP contribution >= 0.6 is 0 Å². The maximum atomic E-state index is 12.8. The van der Waals surface area contributed by atoms with Crippen LogP contribution in [0.2, 0.25) is 0 Å². The fourth-order valence-corrected chi connectivity index (χ4v) is 5.35. The minimum absolute atomic E-state index is 0.0495. The van der Waals surface area contributed by atoms with Crippen LogP contribution in [0.5, 0.6) is 5.75 Å². The van der Waals surface area contributed by atoms with Crippen molar-refractivity contribution in [2.24, 2.45) is 0 Å². The molecule has 1 saturated heterocycles. The molecule has 4 rings (SSSR count). The van der Waals surface area contributed by atoms with Gasteiger partial charge in [0.1, 0.15) is 11.9 Å². The van der Waals surface area contributed by atoms with Gasteiger partial charge in [0.2, 0.25) is 10.0 Å². The topological polar surface area (TPSA) is 68.6 Å². The van der Waals surface area contributed by atoms with Gasteiger partial charge in [-0.1, -0.05) is 17.7 Å². The molecule has 1 aliphatic carbocycles.